The molecule has 0 aromatic carbocycles. The van der Waals surface area contributed by atoms with E-state index in [2.05, 4.69) is 31.3 Å². The van der Waals surface area contributed by atoms with Crippen molar-refractivity contribution in [3.8, 4) is 0 Å². The van der Waals surface area contributed by atoms with Crippen molar-refractivity contribution in [2.45, 2.75) is 360 Å². The SMILES string of the molecule is CCCCCCCC/C=C\CCCCCCCC(=O)OCCCCCCCCCCCCCCCCCCCC(=O)NC(CO)C(O)/C=C/CCCCCCCCCCCCCCCCCCCCC. The Morgan fingerprint density at radius 2 is 0.671 bits per heavy atom. The number of hydrogen-bond donors (Lipinski definition) is 3. The summed E-state index contributed by atoms with van der Waals surface area (Å²) in [5.41, 5.74) is 0. The van der Waals surface area contributed by atoms with Crippen molar-refractivity contribution in [2.24, 2.45) is 0 Å². The van der Waals surface area contributed by atoms with Gasteiger partial charge in [-0.05, 0) is 57.8 Å². The summed E-state index contributed by atoms with van der Waals surface area (Å²) in [6.07, 6.45) is 73.5. The van der Waals surface area contributed by atoms with Crippen molar-refractivity contribution in [3.05, 3.63) is 24.3 Å². The Morgan fingerprint density at radius 3 is 1.01 bits per heavy atom. The number of hydrogen-bond acceptors (Lipinski definition) is 5. The highest BCUT2D eigenvalue weighted by molar-refractivity contribution is 5.76. The van der Waals surface area contributed by atoms with Gasteiger partial charge in [0.05, 0.1) is 25.4 Å². The van der Waals surface area contributed by atoms with Gasteiger partial charge in [0.2, 0.25) is 5.91 Å². The first kappa shape index (κ1) is 68.3. The molecule has 0 rings (SSSR count). The van der Waals surface area contributed by atoms with Gasteiger partial charge < -0.3 is 20.3 Å². The van der Waals surface area contributed by atoms with Crippen molar-refractivity contribution in [1.82, 2.24) is 5.32 Å². The number of aliphatic hydroxyl groups is 2. The summed E-state index contributed by atoms with van der Waals surface area (Å²) >= 11 is 0. The minimum atomic E-state index is -0.849. The lowest BCUT2D eigenvalue weighted by molar-refractivity contribution is -0.143. The Hall–Kier alpha value is -1.66. The third-order valence-electron chi connectivity index (χ3n) is 14.7. The molecule has 6 heteroatoms. The number of amides is 1. The van der Waals surface area contributed by atoms with Crippen LogP contribution in [0.2, 0.25) is 0 Å². The van der Waals surface area contributed by atoms with E-state index < -0.39 is 12.1 Å². The molecular formula is C64H123NO5. The van der Waals surface area contributed by atoms with E-state index in [9.17, 15) is 19.8 Å². The quantitative estimate of drug-likeness (QED) is 0.0321. The predicted octanol–water partition coefficient (Wildman–Crippen LogP) is 19.8. The molecule has 70 heavy (non-hydrogen) atoms. The standard InChI is InChI=1S/C64H123NO5/c1-3-5-7-9-11-13-15-17-19-20-21-22-23-25-29-32-36-40-44-48-52-56-62(67)61(60-66)65-63(68)57-53-49-45-41-37-33-30-26-24-27-31-35-39-43-47-51-55-59-70-64(69)58-54-50-46-42-38-34-28-18-16-14-12-10-8-6-4-2/h18,28,52,56,61-62,66-67H,3-17,19-27,29-51,53-55,57-60H2,1-2H3,(H,65,68)/b28-18-,56-52+. The molecule has 2 atom stereocenters. The van der Waals surface area contributed by atoms with E-state index in [4.69, 9.17) is 4.74 Å². The molecule has 0 spiro atoms. The summed E-state index contributed by atoms with van der Waals surface area (Å²) in [6.45, 7) is 4.91. The molecule has 2 unspecified atom stereocenters. The minimum absolute atomic E-state index is 0.00280. The van der Waals surface area contributed by atoms with Crippen LogP contribution in [0.5, 0.6) is 0 Å². The van der Waals surface area contributed by atoms with Gasteiger partial charge >= 0.3 is 5.97 Å². The van der Waals surface area contributed by atoms with Crippen molar-refractivity contribution in [3.63, 3.8) is 0 Å². The number of unbranched alkanes of at least 4 members (excludes halogenated alkanes) is 46. The molecular weight excluding hydrogens is 863 g/mol. The van der Waals surface area contributed by atoms with Crippen molar-refractivity contribution < 1.29 is 24.5 Å². The Morgan fingerprint density at radius 1 is 0.386 bits per heavy atom. The zero-order valence-corrected chi connectivity index (χ0v) is 47.3. The fraction of sp³-hybridized carbons (Fsp3) is 0.906. The van der Waals surface area contributed by atoms with Crippen LogP contribution in [-0.2, 0) is 14.3 Å². The van der Waals surface area contributed by atoms with E-state index in [1.807, 2.05) is 6.08 Å². The molecule has 6 nitrogen and oxygen atoms in total. The Labute approximate surface area is 437 Å². The van der Waals surface area contributed by atoms with E-state index in [0.717, 1.165) is 44.9 Å². The number of ether oxygens (including phenoxy) is 1. The Kier molecular flexibility index (Phi) is 58.5. The van der Waals surface area contributed by atoms with Gasteiger partial charge in [-0.1, -0.05) is 301 Å². The van der Waals surface area contributed by atoms with Gasteiger partial charge in [0.25, 0.3) is 0 Å². The molecule has 0 aromatic heterocycles. The van der Waals surface area contributed by atoms with Gasteiger partial charge in [0.15, 0.2) is 0 Å². The summed E-state index contributed by atoms with van der Waals surface area (Å²) in [7, 11) is 0. The number of carbonyl (C=O) groups excluding carboxylic acids is 2. The Bertz CT molecular complexity index is 1090. The van der Waals surface area contributed by atoms with Gasteiger partial charge in [-0.15, -0.1) is 0 Å². The van der Waals surface area contributed by atoms with Crippen LogP contribution < -0.4 is 5.32 Å². The van der Waals surface area contributed by atoms with Crippen LogP contribution >= 0.6 is 0 Å². The topological polar surface area (TPSA) is 95.9 Å². The molecule has 0 aliphatic rings. The molecule has 0 aliphatic carbocycles. The normalized spacial score (nSPS) is 12.7. The molecule has 0 fully saturated rings. The van der Waals surface area contributed by atoms with Gasteiger partial charge in [-0.3, -0.25) is 9.59 Å². The monoisotopic (exact) mass is 986 g/mol. The average Bonchev–Trinajstić information content (AvgIpc) is 3.36. The van der Waals surface area contributed by atoms with Gasteiger partial charge in [-0.25, -0.2) is 0 Å². The van der Waals surface area contributed by atoms with E-state index in [-0.39, 0.29) is 18.5 Å². The molecule has 0 saturated heterocycles. The fourth-order valence-electron chi connectivity index (χ4n) is 9.87. The molecule has 0 aromatic rings. The van der Waals surface area contributed by atoms with Crippen molar-refractivity contribution in [1.29, 1.82) is 0 Å². The maximum Gasteiger partial charge on any atom is 0.305 e. The summed E-state index contributed by atoms with van der Waals surface area (Å²) in [4.78, 5) is 24.6. The van der Waals surface area contributed by atoms with Crippen LogP contribution in [-0.4, -0.2) is 47.4 Å². The second kappa shape index (κ2) is 59.9. The van der Waals surface area contributed by atoms with Gasteiger partial charge in [0.1, 0.15) is 0 Å². The third-order valence-corrected chi connectivity index (χ3v) is 14.7. The fourth-order valence-corrected chi connectivity index (χ4v) is 9.87. The highest BCUT2D eigenvalue weighted by Gasteiger charge is 2.18. The molecule has 0 bridgehead atoms. The molecule has 3 N–H and O–H groups in total. The zero-order chi connectivity index (χ0) is 50.7. The van der Waals surface area contributed by atoms with Crippen LogP contribution in [0.3, 0.4) is 0 Å². The van der Waals surface area contributed by atoms with Gasteiger partial charge in [-0.2, -0.15) is 0 Å². The zero-order valence-electron chi connectivity index (χ0n) is 47.3. The number of carbonyl (C=O) groups is 2. The van der Waals surface area contributed by atoms with Crippen LogP contribution in [0.4, 0.5) is 0 Å². The van der Waals surface area contributed by atoms with Crippen molar-refractivity contribution >= 4 is 11.9 Å². The lowest BCUT2D eigenvalue weighted by Crippen LogP contribution is -2.45. The number of rotatable bonds is 59. The summed E-state index contributed by atoms with van der Waals surface area (Å²) in [5.74, 6) is -0.0730. The van der Waals surface area contributed by atoms with Crippen LogP contribution in [0.1, 0.15) is 348 Å². The smallest absolute Gasteiger partial charge is 0.305 e. The molecule has 0 aliphatic heterocycles. The van der Waals surface area contributed by atoms with Crippen LogP contribution in [0.15, 0.2) is 24.3 Å². The van der Waals surface area contributed by atoms with E-state index >= 15 is 0 Å². The highest BCUT2D eigenvalue weighted by atomic mass is 16.5. The second-order valence-electron chi connectivity index (χ2n) is 21.7. The highest BCUT2D eigenvalue weighted by Crippen LogP contribution is 2.18. The second-order valence-corrected chi connectivity index (χ2v) is 21.7. The first-order chi connectivity index (χ1) is 34.5. The van der Waals surface area contributed by atoms with Gasteiger partial charge in [0, 0.05) is 12.8 Å². The van der Waals surface area contributed by atoms with E-state index in [1.54, 1.807) is 6.08 Å². The lowest BCUT2D eigenvalue weighted by atomic mass is 10.0. The minimum Gasteiger partial charge on any atom is -0.466 e. The summed E-state index contributed by atoms with van der Waals surface area (Å²) < 4.78 is 5.48. The number of esters is 1. The average molecular weight is 987 g/mol. The first-order valence-electron chi connectivity index (χ1n) is 31.6. The summed E-state index contributed by atoms with van der Waals surface area (Å²) in [5, 5.41) is 23.2. The molecule has 0 radical (unpaired) electrons. The molecule has 1 amide bonds. The molecule has 0 saturated carbocycles. The number of nitrogens with one attached hydrogen (secondary N) is 1. The molecule has 0 heterocycles. The van der Waals surface area contributed by atoms with Crippen molar-refractivity contribution in [2.75, 3.05) is 13.2 Å². The molecule has 414 valence electrons. The van der Waals surface area contributed by atoms with E-state index in [1.165, 1.54) is 276 Å². The predicted molar refractivity (Wildman–Crippen MR) is 306 cm³/mol. The van der Waals surface area contributed by atoms with E-state index in [0.29, 0.717) is 19.4 Å². The third kappa shape index (κ3) is 55.7. The van der Waals surface area contributed by atoms with Crippen LogP contribution in [0, 0.1) is 0 Å². The first-order valence-corrected chi connectivity index (χ1v) is 31.6. The maximum absolute atomic E-state index is 12.5. The number of allylic oxidation sites excluding steroid dienone is 3. The van der Waals surface area contributed by atoms with Crippen LogP contribution in [0.25, 0.3) is 0 Å². The largest absolute Gasteiger partial charge is 0.466 e. The summed E-state index contributed by atoms with van der Waals surface area (Å²) in [6, 6.07) is -0.633. The lowest BCUT2D eigenvalue weighted by Gasteiger charge is -2.20. The Balaban J connectivity index is 3.45. The maximum atomic E-state index is 12.5. The number of aliphatic hydroxyl groups excluding tert-OH is 2.